The standard InChI is InChI=1S/C23H31N3O3/c1-16-8-6-9-19(17(16)2)24-21(27)20-10-7-13-26(20)18-11-14-25(15-12-18)22(28)29-23(3,4)5/h6-10,13,18H,11-12,14-15H2,1-5H3,(H,24,27). The lowest BCUT2D eigenvalue weighted by Gasteiger charge is -2.34. The van der Waals surface area contributed by atoms with Crippen molar-refractivity contribution in [3.8, 4) is 0 Å². The lowest BCUT2D eigenvalue weighted by molar-refractivity contribution is 0.0187. The molecule has 1 N–H and O–H groups in total. The topological polar surface area (TPSA) is 63.6 Å². The van der Waals surface area contributed by atoms with Crippen molar-refractivity contribution < 1.29 is 14.3 Å². The fourth-order valence-corrected chi connectivity index (χ4v) is 3.63. The van der Waals surface area contributed by atoms with Crippen LogP contribution in [0.25, 0.3) is 0 Å². The Kier molecular flexibility index (Phi) is 6.01. The van der Waals surface area contributed by atoms with Gasteiger partial charge < -0.3 is 19.5 Å². The van der Waals surface area contributed by atoms with Crippen LogP contribution in [0.5, 0.6) is 0 Å². The second-order valence-electron chi connectivity index (χ2n) is 8.70. The molecule has 1 aromatic heterocycles. The average molecular weight is 398 g/mol. The number of nitrogens with zero attached hydrogens (tertiary/aromatic N) is 2. The number of hydrogen-bond donors (Lipinski definition) is 1. The number of aryl methyl sites for hydroxylation is 1. The average Bonchev–Trinajstić information content (AvgIpc) is 3.14. The number of ether oxygens (including phenoxy) is 1. The van der Waals surface area contributed by atoms with Crippen molar-refractivity contribution in [2.24, 2.45) is 0 Å². The maximum absolute atomic E-state index is 12.9. The van der Waals surface area contributed by atoms with E-state index in [9.17, 15) is 9.59 Å². The summed E-state index contributed by atoms with van der Waals surface area (Å²) >= 11 is 0. The molecule has 0 unspecified atom stereocenters. The van der Waals surface area contributed by atoms with Crippen LogP contribution in [-0.2, 0) is 4.74 Å². The first-order valence-electron chi connectivity index (χ1n) is 10.2. The van der Waals surface area contributed by atoms with Gasteiger partial charge in [-0.2, -0.15) is 0 Å². The first kappa shape index (κ1) is 21.0. The Morgan fingerprint density at radius 2 is 1.76 bits per heavy atom. The van der Waals surface area contributed by atoms with E-state index in [4.69, 9.17) is 4.74 Å². The predicted octanol–water partition coefficient (Wildman–Crippen LogP) is 4.93. The molecule has 0 saturated carbocycles. The third-order valence-corrected chi connectivity index (χ3v) is 5.37. The summed E-state index contributed by atoms with van der Waals surface area (Å²) in [4.78, 5) is 26.9. The predicted molar refractivity (Wildman–Crippen MR) is 114 cm³/mol. The van der Waals surface area contributed by atoms with Crippen molar-refractivity contribution in [3.63, 3.8) is 0 Å². The molecule has 156 valence electrons. The first-order valence-corrected chi connectivity index (χ1v) is 10.2. The molecule has 3 rings (SSSR count). The van der Waals surface area contributed by atoms with Crippen molar-refractivity contribution in [1.29, 1.82) is 0 Å². The molecular formula is C23H31N3O3. The minimum absolute atomic E-state index is 0.113. The number of rotatable bonds is 3. The number of amides is 2. The minimum atomic E-state index is -0.493. The number of aromatic nitrogens is 1. The van der Waals surface area contributed by atoms with Crippen molar-refractivity contribution in [3.05, 3.63) is 53.3 Å². The number of carbonyl (C=O) groups excluding carboxylic acids is 2. The molecule has 6 nitrogen and oxygen atoms in total. The number of hydrogen-bond acceptors (Lipinski definition) is 3. The highest BCUT2D eigenvalue weighted by Gasteiger charge is 2.28. The third kappa shape index (κ3) is 5.00. The van der Waals surface area contributed by atoms with E-state index < -0.39 is 5.60 Å². The Labute approximate surface area is 172 Å². The van der Waals surface area contributed by atoms with Crippen LogP contribution in [0, 0.1) is 13.8 Å². The number of nitrogens with one attached hydrogen (secondary N) is 1. The fraction of sp³-hybridized carbons (Fsp3) is 0.478. The molecule has 1 fully saturated rings. The normalized spacial score (nSPS) is 15.3. The molecule has 0 radical (unpaired) electrons. The molecule has 0 bridgehead atoms. The molecule has 1 aromatic carbocycles. The van der Waals surface area contributed by atoms with Gasteiger partial charge >= 0.3 is 6.09 Å². The van der Waals surface area contributed by atoms with Gasteiger partial charge in [0.2, 0.25) is 0 Å². The first-order chi connectivity index (χ1) is 13.7. The SMILES string of the molecule is Cc1cccc(NC(=O)c2cccn2C2CCN(C(=O)OC(C)(C)C)CC2)c1C. The number of likely N-dealkylation sites (tertiary alicyclic amines) is 1. The van der Waals surface area contributed by atoms with Gasteiger partial charge in [-0.1, -0.05) is 12.1 Å². The highest BCUT2D eigenvalue weighted by atomic mass is 16.6. The maximum Gasteiger partial charge on any atom is 0.410 e. The van der Waals surface area contributed by atoms with Crippen molar-refractivity contribution in [1.82, 2.24) is 9.47 Å². The maximum atomic E-state index is 12.9. The Morgan fingerprint density at radius 3 is 2.41 bits per heavy atom. The van der Waals surface area contributed by atoms with Gasteiger partial charge in [-0.25, -0.2) is 4.79 Å². The van der Waals surface area contributed by atoms with Gasteiger partial charge in [0.25, 0.3) is 5.91 Å². The monoisotopic (exact) mass is 397 g/mol. The van der Waals surface area contributed by atoms with Crippen LogP contribution >= 0.6 is 0 Å². The largest absolute Gasteiger partial charge is 0.444 e. The third-order valence-electron chi connectivity index (χ3n) is 5.37. The van der Waals surface area contributed by atoms with Crippen LogP contribution in [0.15, 0.2) is 36.5 Å². The van der Waals surface area contributed by atoms with Gasteiger partial charge in [-0.05, 0) is 76.8 Å². The minimum Gasteiger partial charge on any atom is -0.444 e. The van der Waals surface area contributed by atoms with Gasteiger partial charge in [0.05, 0.1) is 0 Å². The summed E-state index contributed by atoms with van der Waals surface area (Å²) in [6, 6.07) is 9.84. The molecule has 29 heavy (non-hydrogen) atoms. The summed E-state index contributed by atoms with van der Waals surface area (Å²) in [7, 11) is 0. The zero-order valence-corrected chi connectivity index (χ0v) is 18.0. The fourth-order valence-electron chi connectivity index (χ4n) is 3.63. The van der Waals surface area contributed by atoms with Crippen LogP contribution in [-0.4, -0.2) is 40.2 Å². The molecule has 2 aromatic rings. The zero-order chi connectivity index (χ0) is 21.2. The van der Waals surface area contributed by atoms with Crippen molar-refractivity contribution >= 4 is 17.7 Å². The van der Waals surface area contributed by atoms with E-state index in [2.05, 4.69) is 5.32 Å². The zero-order valence-electron chi connectivity index (χ0n) is 18.0. The Bertz CT molecular complexity index is 887. The molecule has 0 atom stereocenters. The highest BCUT2D eigenvalue weighted by molar-refractivity contribution is 6.03. The van der Waals surface area contributed by atoms with Gasteiger partial charge in [0.15, 0.2) is 0 Å². The molecule has 0 aliphatic carbocycles. The summed E-state index contributed by atoms with van der Waals surface area (Å²) < 4.78 is 7.50. The highest BCUT2D eigenvalue weighted by Crippen LogP contribution is 2.26. The summed E-state index contributed by atoms with van der Waals surface area (Å²) in [5.74, 6) is -0.113. The molecular weight excluding hydrogens is 366 g/mol. The smallest absolute Gasteiger partial charge is 0.410 e. The van der Waals surface area contributed by atoms with Crippen LogP contribution < -0.4 is 5.32 Å². The molecule has 2 amide bonds. The lowest BCUT2D eigenvalue weighted by atomic mass is 10.0. The molecule has 1 saturated heterocycles. The lowest BCUT2D eigenvalue weighted by Crippen LogP contribution is -2.42. The van der Waals surface area contributed by atoms with E-state index in [1.165, 1.54) is 0 Å². The quantitative estimate of drug-likeness (QED) is 0.799. The van der Waals surface area contributed by atoms with Crippen molar-refractivity contribution in [2.45, 2.75) is 59.1 Å². The van der Waals surface area contributed by atoms with Crippen LogP contribution in [0.1, 0.15) is 61.3 Å². The number of piperidine rings is 1. The Balaban J connectivity index is 1.66. The number of anilines is 1. The summed E-state index contributed by atoms with van der Waals surface area (Å²) in [6.07, 6.45) is 3.26. The van der Waals surface area contributed by atoms with E-state index in [1.807, 2.05) is 75.7 Å². The Morgan fingerprint density at radius 1 is 1.07 bits per heavy atom. The van der Waals surface area contributed by atoms with Crippen LogP contribution in [0.3, 0.4) is 0 Å². The Hall–Kier alpha value is -2.76. The van der Waals surface area contributed by atoms with E-state index in [-0.39, 0.29) is 18.0 Å². The van der Waals surface area contributed by atoms with Gasteiger partial charge in [-0.15, -0.1) is 0 Å². The number of benzene rings is 1. The molecule has 2 heterocycles. The van der Waals surface area contributed by atoms with E-state index in [0.29, 0.717) is 18.8 Å². The van der Waals surface area contributed by atoms with Crippen LogP contribution in [0.2, 0.25) is 0 Å². The van der Waals surface area contributed by atoms with Crippen LogP contribution in [0.4, 0.5) is 10.5 Å². The molecule has 6 heteroatoms. The second kappa shape index (κ2) is 8.31. The van der Waals surface area contributed by atoms with Gasteiger partial charge in [-0.3, -0.25) is 4.79 Å². The summed E-state index contributed by atoms with van der Waals surface area (Å²) in [6.45, 7) is 10.9. The van der Waals surface area contributed by atoms with E-state index in [0.717, 1.165) is 29.7 Å². The molecule has 0 spiro atoms. The summed E-state index contributed by atoms with van der Waals surface area (Å²) in [5.41, 5.74) is 3.20. The number of carbonyl (C=O) groups is 2. The second-order valence-corrected chi connectivity index (χ2v) is 8.70. The summed E-state index contributed by atoms with van der Waals surface area (Å²) in [5, 5.41) is 3.04. The van der Waals surface area contributed by atoms with E-state index in [1.54, 1.807) is 4.90 Å². The van der Waals surface area contributed by atoms with Gasteiger partial charge in [0.1, 0.15) is 11.3 Å². The van der Waals surface area contributed by atoms with Gasteiger partial charge in [0, 0.05) is 31.0 Å². The molecule has 1 aliphatic heterocycles. The van der Waals surface area contributed by atoms with Crippen molar-refractivity contribution in [2.75, 3.05) is 18.4 Å². The molecule has 1 aliphatic rings. The van der Waals surface area contributed by atoms with E-state index >= 15 is 0 Å².